The molecular formula is C10H21NO4. The Bertz CT molecular complexity index is 169. The molecule has 0 saturated heterocycles. The largest absolute Gasteiger partial charge is 0.468 e. The maximum Gasteiger partial charge on any atom is 0.319 e. The molecule has 0 aliphatic heterocycles. The van der Waals surface area contributed by atoms with E-state index < -0.39 is 0 Å². The van der Waals surface area contributed by atoms with Gasteiger partial charge in [-0.1, -0.05) is 0 Å². The number of hydrogen-bond acceptors (Lipinski definition) is 5. The predicted molar refractivity (Wildman–Crippen MR) is 56.6 cm³/mol. The minimum absolute atomic E-state index is 0.243. The number of methoxy groups -OCH3 is 1. The fourth-order valence-electron chi connectivity index (χ4n) is 1.13. The van der Waals surface area contributed by atoms with Gasteiger partial charge in [0.15, 0.2) is 6.29 Å². The molecule has 0 spiro atoms. The Morgan fingerprint density at radius 2 is 1.80 bits per heavy atom. The zero-order valence-electron chi connectivity index (χ0n) is 9.99. The number of likely N-dealkylation sites (N-methyl/N-ethyl adjacent to an activating group) is 1. The Morgan fingerprint density at radius 3 is 2.20 bits per heavy atom. The lowest BCUT2D eigenvalue weighted by Gasteiger charge is -2.22. The van der Waals surface area contributed by atoms with Crippen LogP contribution in [0.1, 0.15) is 13.8 Å². The molecule has 0 radical (unpaired) electrons. The molecule has 5 heteroatoms. The molecule has 0 unspecified atom stereocenters. The first-order valence-corrected chi connectivity index (χ1v) is 5.12. The van der Waals surface area contributed by atoms with E-state index in [0.717, 1.165) is 0 Å². The molecular weight excluding hydrogens is 198 g/mol. The van der Waals surface area contributed by atoms with Crippen molar-refractivity contribution in [1.29, 1.82) is 0 Å². The SMILES string of the molecule is CCOC(CN(C)CC(=O)OC)OCC. The van der Waals surface area contributed by atoms with Gasteiger partial charge in [0, 0.05) is 19.8 Å². The van der Waals surface area contributed by atoms with Crippen LogP contribution in [0.3, 0.4) is 0 Å². The third kappa shape index (κ3) is 7.30. The van der Waals surface area contributed by atoms with Crippen LogP contribution < -0.4 is 0 Å². The van der Waals surface area contributed by atoms with Crippen LogP contribution in [0, 0.1) is 0 Å². The minimum Gasteiger partial charge on any atom is -0.468 e. The number of esters is 1. The molecule has 0 aromatic carbocycles. The molecule has 0 rings (SSSR count). The number of nitrogens with zero attached hydrogens (tertiary/aromatic N) is 1. The first kappa shape index (κ1) is 14.3. The summed E-state index contributed by atoms with van der Waals surface area (Å²) in [7, 11) is 3.20. The predicted octanol–water partition coefficient (Wildman–Crippen LogP) is 0.490. The van der Waals surface area contributed by atoms with Gasteiger partial charge in [-0.3, -0.25) is 9.69 Å². The standard InChI is InChI=1S/C10H21NO4/c1-5-14-10(15-6-2)8-11(3)7-9(12)13-4/h10H,5-8H2,1-4H3. The van der Waals surface area contributed by atoms with E-state index in [-0.39, 0.29) is 18.8 Å². The van der Waals surface area contributed by atoms with Crippen molar-refractivity contribution in [3.05, 3.63) is 0 Å². The van der Waals surface area contributed by atoms with Gasteiger partial charge in [-0.2, -0.15) is 0 Å². The van der Waals surface area contributed by atoms with Crippen molar-refractivity contribution in [2.75, 3.05) is 40.5 Å². The normalized spacial score (nSPS) is 11.1. The third-order valence-electron chi connectivity index (χ3n) is 1.79. The first-order chi connectivity index (χ1) is 7.13. The van der Waals surface area contributed by atoms with Crippen LogP contribution in [-0.4, -0.2) is 57.6 Å². The molecule has 0 heterocycles. The Balaban J connectivity index is 3.87. The van der Waals surface area contributed by atoms with Gasteiger partial charge in [0.1, 0.15) is 0 Å². The van der Waals surface area contributed by atoms with E-state index in [9.17, 15) is 4.79 Å². The van der Waals surface area contributed by atoms with Gasteiger partial charge in [-0.05, 0) is 20.9 Å². The van der Waals surface area contributed by atoms with Gasteiger partial charge in [-0.25, -0.2) is 0 Å². The average Bonchev–Trinajstić information content (AvgIpc) is 2.18. The molecule has 15 heavy (non-hydrogen) atoms. The summed E-state index contributed by atoms with van der Waals surface area (Å²) in [6.45, 7) is 5.80. The molecule has 0 aliphatic carbocycles. The van der Waals surface area contributed by atoms with Crippen molar-refractivity contribution in [1.82, 2.24) is 4.90 Å². The molecule has 0 aliphatic rings. The molecule has 0 bridgehead atoms. The highest BCUT2D eigenvalue weighted by atomic mass is 16.7. The molecule has 0 saturated carbocycles. The fourth-order valence-corrected chi connectivity index (χ4v) is 1.13. The van der Waals surface area contributed by atoms with Crippen molar-refractivity contribution in [3.8, 4) is 0 Å². The Morgan fingerprint density at radius 1 is 1.27 bits per heavy atom. The number of carbonyl (C=O) groups is 1. The second-order valence-electron chi connectivity index (χ2n) is 3.11. The van der Waals surface area contributed by atoms with Gasteiger partial charge < -0.3 is 14.2 Å². The molecule has 0 fully saturated rings. The maximum absolute atomic E-state index is 11.0. The summed E-state index contributed by atoms with van der Waals surface area (Å²) >= 11 is 0. The quantitative estimate of drug-likeness (QED) is 0.439. The van der Waals surface area contributed by atoms with Gasteiger partial charge >= 0.3 is 5.97 Å². The maximum atomic E-state index is 11.0. The van der Waals surface area contributed by atoms with Crippen LogP contribution in [-0.2, 0) is 19.0 Å². The van der Waals surface area contributed by atoms with Gasteiger partial charge in [-0.15, -0.1) is 0 Å². The minimum atomic E-state index is -0.283. The summed E-state index contributed by atoms with van der Waals surface area (Å²) in [5.41, 5.74) is 0. The topological polar surface area (TPSA) is 48.0 Å². The highest BCUT2D eigenvalue weighted by molar-refractivity contribution is 5.71. The lowest BCUT2D eigenvalue weighted by atomic mass is 10.5. The van der Waals surface area contributed by atoms with E-state index in [2.05, 4.69) is 4.74 Å². The summed E-state index contributed by atoms with van der Waals surface area (Å²) < 4.78 is 15.3. The highest BCUT2D eigenvalue weighted by Gasteiger charge is 2.13. The number of carbonyl (C=O) groups excluding carboxylic acids is 1. The smallest absolute Gasteiger partial charge is 0.319 e. The zero-order chi connectivity index (χ0) is 11.7. The number of ether oxygens (including phenoxy) is 3. The molecule has 0 aromatic heterocycles. The average molecular weight is 219 g/mol. The molecule has 0 N–H and O–H groups in total. The van der Waals surface area contributed by atoms with Gasteiger partial charge in [0.25, 0.3) is 0 Å². The first-order valence-electron chi connectivity index (χ1n) is 5.12. The van der Waals surface area contributed by atoms with E-state index in [4.69, 9.17) is 9.47 Å². The Labute approximate surface area is 91.3 Å². The lowest BCUT2D eigenvalue weighted by molar-refractivity contribution is -0.152. The summed E-state index contributed by atoms with van der Waals surface area (Å²) in [6.07, 6.45) is -0.283. The van der Waals surface area contributed by atoms with E-state index in [1.165, 1.54) is 7.11 Å². The van der Waals surface area contributed by atoms with E-state index >= 15 is 0 Å². The van der Waals surface area contributed by atoms with Gasteiger partial charge in [0.2, 0.25) is 0 Å². The fraction of sp³-hybridized carbons (Fsp3) is 0.900. The van der Waals surface area contributed by atoms with E-state index in [1.807, 2.05) is 25.8 Å². The van der Waals surface area contributed by atoms with E-state index in [1.54, 1.807) is 0 Å². The van der Waals surface area contributed by atoms with Crippen LogP contribution in [0.25, 0.3) is 0 Å². The van der Waals surface area contributed by atoms with Crippen LogP contribution in [0.4, 0.5) is 0 Å². The molecule has 90 valence electrons. The van der Waals surface area contributed by atoms with Crippen molar-refractivity contribution in [2.45, 2.75) is 20.1 Å². The van der Waals surface area contributed by atoms with Crippen molar-refractivity contribution >= 4 is 5.97 Å². The highest BCUT2D eigenvalue weighted by Crippen LogP contribution is 1.98. The number of rotatable bonds is 8. The van der Waals surface area contributed by atoms with E-state index in [0.29, 0.717) is 19.8 Å². The van der Waals surface area contributed by atoms with Crippen molar-refractivity contribution in [2.24, 2.45) is 0 Å². The Hall–Kier alpha value is -0.650. The van der Waals surface area contributed by atoms with Crippen LogP contribution in [0.15, 0.2) is 0 Å². The second-order valence-corrected chi connectivity index (χ2v) is 3.11. The third-order valence-corrected chi connectivity index (χ3v) is 1.79. The van der Waals surface area contributed by atoms with Crippen molar-refractivity contribution in [3.63, 3.8) is 0 Å². The molecule has 0 amide bonds. The van der Waals surface area contributed by atoms with Crippen molar-refractivity contribution < 1.29 is 19.0 Å². The number of hydrogen-bond donors (Lipinski definition) is 0. The van der Waals surface area contributed by atoms with Crippen LogP contribution in [0.5, 0.6) is 0 Å². The molecule has 0 atom stereocenters. The lowest BCUT2D eigenvalue weighted by Crippen LogP contribution is -2.36. The van der Waals surface area contributed by atoms with Crippen LogP contribution >= 0.6 is 0 Å². The molecule has 0 aromatic rings. The second kappa shape index (κ2) is 8.64. The van der Waals surface area contributed by atoms with Crippen LogP contribution in [0.2, 0.25) is 0 Å². The summed E-state index contributed by atoms with van der Waals surface area (Å²) in [5.74, 6) is -0.260. The zero-order valence-corrected chi connectivity index (χ0v) is 9.99. The van der Waals surface area contributed by atoms with Gasteiger partial charge in [0.05, 0.1) is 13.7 Å². The summed E-state index contributed by atoms with van der Waals surface area (Å²) in [4.78, 5) is 12.8. The summed E-state index contributed by atoms with van der Waals surface area (Å²) in [5, 5.41) is 0. The summed E-state index contributed by atoms with van der Waals surface area (Å²) in [6, 6.07) is 0. The Kier molecular flexibility index (Phi) is 8.27. The molecule has 5 nitrogen and oxygen atoms in total. The monoisotopic (exact) mass is 219 g/mol.